The van der Waals surface area contributed by atoms with E-state index in [-0.39, 0.29) is 0 Å². The predicted octanol–water partition coefficient (Wildman–Crippen LogP) is 4.16. The zero-order chi connectivity index (χ0) is 13.9. The van der Waals surface area contributed by atoms with E-state index in [1.165, 1.54) is 12.1 Å². The largest absolute Gasteiger partial charge is 0.416 e. The lowest BCUT2D eigenvalue weighted by molar-refractivity contribution is -0.137. The van der Waals surface area contributed by atoms with Crippen molar-refractivity contribution in [1.82, 2.24) is 4.90 Å². The molecule has 2 rings (SSSR count). The summed E-state index contributed by atoms with van der Waals surface area (Å²) in [6.07, 6.45) is -2.09. The van der Waals surface area contributed by atoms with E-state index in [0.29, 0.717) is 23.9 Å². The molecule has 1 aliphatic rings. The average molecular weight is 292 g/mol. The molecule has 1 saturated heterocycles. The Hall–Kier alpha value is -0.740. The molecule has 0 saturated carbocycles. The van der Waals surface area contributed by atoms with Crippen molar-refractivity contribution in [2.75, 3.05) is 19.0 Å². The molecule has 106 valence electrons. The first-order valence-corrected chi connectivity index (χ1v) is 6.97. The molecule has 0 radical (unpaired) electrons. The van der Waals surface area contributed by atoms with Gasteiger partial charge in [-0.15, -0.1) is 11.6 Å². The number of benzene rings is 1. The van der Waals surface area contributed by atoms with Crippen molar-refractivity contribution in [3.05, 3.63) is 35.4 Å². The van der Waals surface area contributed by atoms with Crippen LogP contribution in [0.1, 0.15) is 24.0 Å². The Balaban J connectivity index is 2.03. The lowest BCUT2D eigenvalue weighted by Gasteiger charge is -2.31. The maximum atomic E-state index is 12.6. The summed E-state index contributed by atoms with van der Waals surface area (Å²) in [5.74, 6) is 1.08. The van der Waals surface area contributed by atoms with Gasteiger partial charge >= 0.3 is 6.18 Å². The topological polar surface area (TPSA) is 3.24 Å². The second-order valence-electron chi connectivity index (χ2n) is 5.10. The molecule has 0 aromatic heterocycles. The first-order valence-electron chi connectivity index (χ1n) is 6.43. The van der Waals surface area contributed by atoms with E-state index in [4.69, 9.17) is 11.6 Å². The Morgan fingerprint density at radius 2 is 2.11 bits per heavy atom. The van der Waals surface area contributed by atoms with Crippen LogP contribution < -0.4 is 0 Å². The van der Waals surface area contributed by atoms with E-state index >= 15 is 0 Å². The van der Waals surface area contributed by atoms with Gasteiger partial charge in [0.15, 0.2) is 0 Å². The molecule has 0 bridgehead atoms. The van der Waals surface area contributed by atoms with Gasteiger partial charge in [0.2, 0.25) is 0 Å². The number of piperidine rings is 1. The van der Waals surface area contributed by atoms with Crippen LogP contribution in [0.25, 0.3) is 0 Å². The lowest BCUT2D eigenvalue weighted by Crippen LogP contribution is -2.35. The van der Waals surface area contributed by atoms with Crippen molar-refractivity contribution in [2.24, 2.45) is 5.92 Å². The van der Waals surface area contributed by atoms with Gasteiger partial charge in [-0.1, -0.05) is 18.2 Å². The number of halogens is 4. The van der Waals surface area contributed by atoms with Crippen molar-refractivity contribution in [1.29, 1.82) is 0 Å². The Labute approximate surface area is 116 Å². The monoisotopic (exact) mass is 291 g/mol. The minimum atomic E-state index is -4.27. The Morgan fingerprint density at radius 1 is 1.32 bits per heavy atom. The second kappa shape index (κ2) is 6.14. The van der Waals surface area contributed by atoms with E-state index < -0.39 is 11.7 Å². The SMILES string of the molecule is FC(F)(F)c1cccc(CN2CCCC(CCl)C2)c1. The van der Waals surface area contributed by atoms with Crippen LogP contribution in [0.15, 0.2) is 24.3 Å². The highest BCUT2D eigenvalue weighted by Crippen LogP contribution is 2.30. The molecule has 0 aliphatic carbocycles. The van der Waals surface area contributed by atoms with Crippen LogP contribution in [0.4, 0.5) is 13.2 Å². The van der Waals surface area contributed by atoms with Gasteiger partial charge in [0.05, 0.1) is 5.56 Å². The molecule has 0 spiro atoms. The van der Waals surface area contributed by atoms with E-state index in [9.17, 15) is 13.2 Å². The van der Waals surface area contributed by atoms with Gasteiger partial charge in [-0.2, -0.15) is 13.2 Å². The molecule has 1 heterocycles. The van der Waals surface area contributed by atoms with E-state index in [1.807, 2.05) is 0 Å². The molecule has 1 nitrogen and oxygen atoms in total. The summed E-state index contributed by atoms with van der Waals surface area (Å²) in [5.41, 5.74) is 0.140. The normalized spacial score (nSPS) is 21.6. The third kappa shape index (κ3) is 4.11. The van der Waals surface area contributed by atoms with Crippen molar-refractivity contribution in [2.45, 2.75) is 25.6 Å². The molecule has 1 aromatic rings. The standard InChI is InChI=1S/C14H17ClF3N/c15-8-12-4-2-6-19(10-12)9-11-3-1-5-13(7-11)14(16,17)18/h1,3,5,7,12H,2,4,6,8-10H2. The predicted molar refractivity (Wildman–Crippen MR) is 70.2 cm³/mol. The lowest BCUT2D eigenvalue weighted by atomic mass is 9.99. The summed E-state index contributed by atoms with van der Waals surface area (Å²) in [7, 11) is 0. The van der Waals surface area contributed by atoms with Crippen LogP contribution in [0.3, 0.4) is 0 Å². The Bertz CT molecular complexity index is 419. The molecular weight excluding hydrogens is 275 g/mol. The molecule has 5 heteroatoms. The smallest absolute Gasteiger partial charge is 0.299 e. The van der Waals surface area contributed by atoms with E-state index in [2.05, 4.69) is 4.90 Å². The highest BCUT2D eigenvalue weighted by molar-refractivity contribution is 6.18. The molecule has 1 unspecified atom stereocenters. The van der Waals surface area contributed by atoms with Gasteiger partial charge in [-0.05, 0) is 36.9 Å². The zero-order valence-electron chi connectivity index (χ0n) is 10.6. The maximum Gasteiger partial charge on any atom is 0.416 e. The number of likely N-dealkylation sites (tertiary alicyclic amines) is 1. The molecular formula is C14H17ClF3N. The fourth-order valence-electron chi connectivity index (χ4n) is 2.53. The third-order valence-electron chi connectivity index (χ3n) is 3.48. The van der Waals surface area contributed by atoms with Crippen molar-refractivity contribution in [3.8, 4) is 0 Å². The summed E-state index contributed by atoms with van der Waals surface area (Å²) in [4.78, 5) is 2.19. The Kier molecular flexibility index (Phi) is 4.74. The van der Waals surface area contributed by atoms with Crippen molar-refractivity contribution >= 4 is 11.6 Å². The summed E-state index contributed by atoms with van der Waals surface area (Å²) < 4.78 is 37.9. The van der Waals surface area contributed by atoms with Gasteiger partial charge in [-0.25, -0.2) is 0 Å². The van der Waals surface area contributed by atoms with Crippen LogP contribution in [-0.2, 0) is 12.7 Å². The summed E-state index contributed by atoms with van der Waals surface area (Å²) >= 11 is 5.86. The molecule has 1 fully saturated rings. The number of nitrogens with zero attached hydrogens (tertiary/aromatic N) is 1. The highest BCUT2D eigenvalue weighted by Gasteiger charge is 2.30. The van der Waals surface area contributed by atoms with Crippen LogP contribution in [0.2, 0.25) is 0 Å². The van der Waals surface area contributed by atoms with Crippen LogP contribution in [0.5, 0.6) is 0 Å². The average Bonchev–Trinajstić information content (AvgIpc) is 2.38. The number of hydrogen-bond donors (Lipinski definition) is 0. The molecule has 0 N–H and O–H groups in total. The number of rotatable bonds is 3. The molecule has 0 amide bonds. The minimum Gasteiger partial charge on any atom is -0.299 e. The van der Waals surface area contributed by atoms with Gasteiger partial charge in [0.1, 0.15) is 0 Å². The summed E-state index contributed by atoms with van der Waals surface area (Å²) in [6, 6.07) is 5.58. The fourth-order valence-corrected chi connectivity index (χ4v) is 2.78. The van der Waals surface area contributed by atoms with E-state index in [0.717, 1.165) is 32.0 Å². The second-order valence-corrected chi connectivity index (χ2v) is 5.40. The highest BCUT2D eigenvalue weighted by atomic mass is 35.5. The summed E-state index contributed by atoms with van der Waals surface area (Å²) in [5, 5.41) is 0. The van der Waals surface area contributed by atoms with Crippen LogP contribution in [0, 0.1) is 5.92 Å². The zero-order valence-corrected chi connectivity index (χ0v) is 11.3. The maximum absolute atomic E-state index is 12.6. The first-order chi connectivity index (χ1) is 8.99. The van der Waals surface area contributed by atoms with Crippen molar-refractivity contribution in [3.63, 3.8) is 0 Å². The fraction of sp³-hybridized carbons (Fsp3) is 0.571. The summed E-state index contributed by atoms with van der Waals surface area (Å²) in [6.45, 7) is 2.38. The number of hydrogen-bond acceptors (Lipinski definition) is 1. The first kappa shape index (κ1) is 14.7. The molecule has 1 aliphatic heterocycles. The quantitative estimate of drug-likeness (QED) is 0.756. The van der Waals surface area contributed by atoms with Crippen LogP contribution in [-0.4, -0.2) is 23.9 Å². The Morgan fingerprint density at radius 3 is 2.79 bits per heavy atom. The third-order valence-corrected chi connectivity index (χ3v) is 3.92. The van der Waals surface area contributed by atoms with Gasteiger partial charge < -0.3 is 0 Å². The number of alkyl halides is 4. The molecule has 19 heavy (non-hydrogen) atoms. The molecule has 1 atom stereocenters. The van der Waals surface area contributed by atoms with Crippen molar-refractivity contribution < 1.29 is 13.2 Å². The van der Waals surface area contributed by atoms with Gasteiger partial charge in [-0.3, -0.25) is 4.90 Å². The van der Waals surface area contributed by atoms with E-state index in [1.54, 1.807) is 6.07 Å². The minimum absolute atomic E-state index is 0.459. The molecule has 1 aromatic carbocycles. The van der Waals surface area contributed by atoms with Crippen LogP contribution >= 0.6 is 11.6 Å². The van der Waals surface area contributed by atoms with Gasteiger partial charge in [0, 0.05) is 19.0 Å². The van der Waals surface area contributed by atoms with Gasteiger partial charge in [0.25, 0.3) is 0 Å².